The van der Waals surface area contributed by atoms with Gasteiger partial charge in [-0.25, -0.2) is 0 Å². The van der Waals surface area contributed by atoms with Crippen LogP contribution in [0.3, 0.4) is 0 Å². The van der Waals surface area contributed by atoms with Gasteiger partial charge in [0.2, 0.25) is 0 Å². The number of rotatable bonds is 11. The number of likely N-dealkylation sites (N-methyl/N-ethyl adjacent to an activating group) is 1. The fraction of sp³-hybridized carbons (Fsp3) is 0.261. The van der Waals surface area contributed by atoms with Crippen molar-refractivity contribution in [3.05, 3.63) is 65.4 Å². The molecule has 0 spiro atoms. The minimum atomic E-state index is -0.380. The van der Waals surface area contributed by atoms with Gasteiger partial charge in [0.1, 0.15) is 23.9 Å². The third-order valence-corrected chi connectivity index (χ3v) is 4.58. The van der Waals surface area contributed by atoms with Gasteiger partial charge in [0.15, 0.2) is 5.76 Å². The van der Waals surface area contributed by atoms with E-state index in [9.17, 15) is 4.79 Å². The number of ether oxygens (including phenoxy) is 3. The summed E-state index contributed by atoms with van der Waals surface area (Å²) in [6, 6.07) is 15.7. The molecule has 0 fully saturated rings. The summed E-state index contributed by atoms with van der Waals surface area (Å²) in [5.41, 5.74) is 1.36. The predicted molar refractivity (Wildman–Crippen MR) is 120 cm³/mol. The highest BCUT2D eigenvalue weighted by molar-refractivity contribution is 6.30. The maximum Gasteiger partial charge on any atom is 0.291 e. The number of nitrogens with one attached hydrogen (secondary N) is 2. The zero-order chi connectivity index (χ0) is 22.1. The minimum absolute atomic E-state index is 0.188. The second-order valence-electron chi connectivity index (χ2n) is 6.59. The van der Waals surface area contributed by atoms with Crippen molar-refractivity contribution >= 4 is 23.2 Å². The summed E-state index contributed by atoms with van der Waals surface area (Å²) >= 11 is 5.92. The minimum Gasteiger partial charge on any atom is -0.497 e. The molecule has 2 N–H and O–H groups in total. The summed E-state index contributed by atoms with van der Waals surface area (Å²) in [5.74, 6) is 1.51. The zero-order valence-corrected chi connectivity index (χ0v) is 18.2. The molecule has 3 rings (SSSR count). The van der Waals surface area contributed by atoms with E-state index in [4.69, 9.17) is 30.2 Å². The second kappa shape index (κ2) is 11.4. The van der Waals surface area contributed by atoms with Crippen LogP contribution in [-0.4, -0.2) is 46.4 Å². The molecule has 0 unspecified atom stereocenters. The number of methoxy groups -OCH3 is 1. The van der Waals surface area contributed by atoms with Crippen LogP contribution in [0.4, 0.5) is 5.69 Å². The number of benzene rings is 2. The third kappa shape index (κ3) is 6.75. The van der Waals surface area contributed by atoms with Gasteiger partial charge in [0, 0.05) is 41.0 Å². The molecule has 164 valence electrons. The van der Waals surface area contributed by atoms with E-state index in [1.54, 1.807) is 49.6 Å². The Morgan fingerprint density at radius 1 is 1.00 bits per heavy atom. The van der Waals surface area contributed by atoms with Crippen molar-refractivity contribution in [1.29, 1.82) is 0 Å². The Bertz CT molecular complexity index is 988. The van der Waals surface area contributed by atoms with Crippen LogP contribution in [0.15, 0.2) is 59.0 Å². The Kier molecular flexibility index (Phi) is 8.35. The van der Waals surface area contributed by atoms with Crippen LogP contribution in [-0.2, 0) is 4.74 Å². The molecular formula is C23H25ClN2O5. The lowest BCUT2D eigenvalue weighted by Gasteiger charge is -2.11. The molecule has 1 heterocycles. The normalized spacial score (nSPS) is 10.7. The van der Waals surface area contributed by atoms with E-state index in [1.807, 2.05) is 19.2 Å². The van der Waals surface area contributed by atoms with Crippen molar-refractivity contribution < 1.29 is 23.4 Å². The predicted octanol–water partition coefficient (Wildman–Crippen LogP) is 4.48. The summed E-state index contributed by atoms with van der Waals surface area (Å²) < 4.78 is 22.2. The monoisotopic (exact) mass is 444 g/mol. The highest BCUT2D eigenvalue weighted by atomic mass is 35.5. The average molecular weight is 445 g/mol. The molecule has 1 aromatic heterocycles. The highest BCUT2D eigenvalue weighted by Crippen LogP contribution is 2.28. The third-order valence-electron chi connectivity index (χ3n) is 4.32. The van der Waals surface area contributed by atoms with Gasteiger partial charge in [-0.1, -0.05) is 11.6 Å². The topological polar surface area (TPSA) is 82.0 Å². The quantitative estimate of drug-likeness (QED) is 0.424. The Hall–Kier alpha value is -3.00. The second-order valence-corrected chi connectivity index (χ2v) is 7.02. The van der Waals surface area contributed by atoms with E-state index in [-0.39, 0.29) is 11.7 Å². The van der Waals surface area contributed by atoms with E-state index in [0.29, 0.717) is 47.8 Å². The summed E-state index contributed by atoms with van der Waals surface area (Å²) in [6.07, 6.45) is 0. The first-order valence-electron chi connectivity index (χ1n) is 9.80. The number of halogens is 1. The highest BCUT2D eigenvalue weighted by Gasteiger charge is 2.14. The number of furan rings is 1. The fourth-order valence-corrected chi connectivity index (χ4v) is 2.89. The summed E-state index contributed by atoms with van der Waals surface area (Å²) in [6.45, 7) is 2.23. The van der Waals surface area contributed by atoms with Gasteiger partial charge >= 0.3 is 0 Å². The van der Waals surface area contributed by atoms with Crippen molar-refractivity contribution in [3.8, 4) is 22.8 Å². The van der Waals surface area contributed by atoms with E-state index in [1.165, 1.54) is 0 Å². The molecule has 1 amide bonds. The van der Waals surface area contributed by atoms with Gasteiger partial charge in [-0.15, -0.1) is 0 Å². The van der Waals surface area contributed by atoms with Crippen molar-refractivity contribution in [2.24, 2.45) is 0 Å². The van der Waals surface area contributed by atoms with Gasteiger partial charge in [-0.05, 0) is 43.4 Å². The number of anilines is 1. The molecule has 7 nitrogen and oxygen atoms in total. The molecule has 0 aliphatic carbocycles. The standard InChI is InChI=1S/C23H25ClN2O5/c1-25-9-10-29-11-12-30-20-14-18(13-19(15-20)28-2)26-23(27)22-8-7-21(31-22)16-3-5-17(24)6-4-16/h3-8,13-15,25H,9-12H2,1-2H3,(H,26,27). The van der Waals surface area contributed by atoms with Crippen molar-refractivity contribution in [3.63, 3.8) is 0 Å². The van der Waals surface area contributed by atoms with Gasteiger partial charge in [0.05, 0.1) is 20.3 Å². The first kappa shape index (κ1) is 22.7. The maximum absolute atomic E-state index is 12.7. The number of carbonyl (C=O) groups excluding carboxylic acids is 1. The molecule has 0 saturated heterocycles. The number of hydrogen-bond donors (Lipinski definition) is 2. The van der Waals surface area contributed by atoms with Gasteiger partial charge in [-0.3, -0.25) is 4.79 Å². The molecule has 0 aliphatic heterocycles. The van der Waals surface area contributed by atoms with Gasteiger partial charge < -0.3 is 29.3 Å². The SMILES string of the molecule is CNCCOCCOc1cc(NC(=O)c2ccc(-c3ccc(Cl)cc3)o2)cc(OC)c1. The lowest BCUT2D eigenvalue weighted by molar-refractivity contribution is 0.0996. The van der Waals surface area contributed by atoms with Crippen LogP contribution in [0, 0.1) is 0 Å². The number of carbonyl (C=O) groups is 1. The van der Waals surface area contributed by atoms with Crippen LogP contribution < -0.4 is 20.1 Å². The first-order chi connectivity index (χ1) is 15.1. The summed E-state index contributed by atoms with van der Waals surface area (Å²) in [7, 11) is 3.42. The Balaban J connectivity index is 1.63. The Morgan fingerprint density at radius 2 is 1.77 bits per heavy atom. The van der Waals surface area contributed by atoms with Gasteiger partial charge in [0.25, 0.3) is 5.91 Å². The fourth-order valence-electron chi connectivity index (χ4n) is 2.76. The summed E-state index contributed by atoms with van der Waals surface area (Å²) in [4.78, 5) is 12.7. The van der Waals surface area contributed by atoms with Crippen LogP contribution >= 0.6 is 11.6 Å². The number of hydrogen-bond acceptors (Lipinski definition) is 6. The molecular weight excluding hydrogens is 420 g/mol. The van der Waals surface area contributed by atoms with E-state index < -0.39 is 0 Å². The van der Waals surface area contributed by atoms with Crippen LogP contribution in [0.2, 0.25) is 5.02 Å². The molecule has 0 aliphatic rings. The summed E-state index contributed by atoms with van der Waals surface area (Å²) in [5, 5.41) is 6.45. The zero-order valence-electron chi connectivity index (χ0n) is 17.4. The molecule has 8 heteroatoms. The molecule has 3 aromatic rings. The number of amides is 1. The van der Waals surface area contributed by atoms with Crippen molar-refractivity contribution in [2.75, 3.05) is 45.8 Å². The Morgan fingerprint density at radius 3 is 2.52 bits per heavy atom. The molecule has 0 radical (unpaired) electrons. The molecule has 0 atom stereocenters. The van der Waals surface area contributed by atoms with Crippen LogP contribution in [0.1, 0.15) is 10.6 Å². The molecule has 0 bridgehead atoms. The van der Waals surface area contributed by atoms with E-state index in [0.717, 1.165) is 12.1 Å². The van der Waals surface area contributed by atoms with Crippen molar-refractivity contribution in [2.45, 2.75) is 0 Å². The lowest BCUT2D eigenvalue weighted by Crippen LogP contribution is -2.16. The average Bonchev–Trinajstić information content (AvgIpc) is 3.27. The van der Waals surface area contributed by atoms with Crippen LogP contribution in [0.5, 0.6) is 11.5 Å². The lowest BCUT2D eigenvalue weighted by atomic mass is 10.2. The van der Waals surface area contributed by atoms with Gasteiger partial charge in [-0.2, -0.15) is 0 Å². The molecule has 2 aromatic carbocycles. The first-order valence-corrected chi connectivity index (χ1v) is 10.2. The molecule has 31 heavy (non-hydrogen) atoms. The van der Waals surface area contributed by atoms with Crippen molar-refractivity contribution in [1.82, 2.24) is 5.32 Å². The van der Waals surface area contributed by atoms with E-state index in [2.05, 4.69) is 10.6 Å². The Labute approximate surface area is 186 Å². The maximum atomic E-state index is 12.7. The smallest absolute Gasteiger partial charge is 0.291 e. The van der Waals surface area contributed by atoms with Crippen LogP contribution in [0.25, 0.3) is 11.3 Å². The van der Waals surface area contributed by atoms with E-state index >= 15 is 0 Å². The largest absolute Gasteiger partial charge is 0.497 e. The molecule has 0 saturated carbocycles.